The van der Waals surface area contributed by atoms with Gasteiger partial charge in [-0.1, -0.05) is 13.3 Å². The van der Waals surface area contributed by atoms with Crippen molar-refractivity contribution in [1.29, 1.82) is 0 Å². The highest BCUT2D eigenvalue weighted by molar-refractivity contribution is 6.01. The molecule has 24 heavy (non-hydrogen) atoms. The van der Waals surface area contributed by atoms with Gasteiger partial charge in [0.05, 0.1) is 13.2 Å². The maximum atomic E-state index is 12.6. The Kier molecular flexibility index (Phi) is 5.97. The van der Waals surface area contributed by atoms with E-state index in [2.05, 4.69) is 11.9 Å². The molecule has 2 rings (SSSR count). The molecule has 1 aromatic rings. The Morgan fingerprint density at radius 2 is 1.75 bits per heavy atom. The molecule has 0 fully saturated rings. The van der Waals surface area contributed by atoms with Gasteiger partial charge < -0.3 is 9.47 Å². The summed E-state index contributed by atoms with van der Waals surface area (Å²) in [5.41, 5.74) is 2.71. The molecule has 0 unspecified atom stereocenters. The Bertz CT molecular complexity index is 606. The molecule has 132 valence electrons. The Morgan fingerprint density at radius 1 is 1.12 bits per heavy atom. The van der Waals surface area contributed by atoms with Crippen molar-refractivity contribution in [2.45, 2.75) is 59.8 Å². The molecular formula is C19H27NO4. The predicted octanol–water partition coefficient (Wildman–Crippen LogP) is 2.94. The molecule has 0 saturated heterocycles. The topological polar surface area (TPSA) is 65.5 Å². The van der Waals surface area contributed by atoms with E-state index in [1.807, 2.05) is 13.0 Å². The summed E-state index contributed by atoms with van der Waals surface area (Å²) < 4.78 is 10.4. The van der Waals surface area contributed by atoms with E-state index < -0.39 is 17.4 Å². The van der Waals surface area contributed by atoms with Gasteiger partial charge in [-0.15, -0.1) is 0 Å². The minimum atomic E-state index is -1.26. The molecule has 0 amide bonds. The van der Waals surface area contributed by atoms with Crippen LogP contribution in [-0.4, -0.2) is 30.1 Å². The molecule has 0 N–H and O–H groups in total. The molecule has 0 aliphatic heterocycles. The first-order chi connectivity index (χ1) is 11.5. The lowest BCUT2D eigenvalue weighted by molar-refractivity contribution is -0.171. The van der Waals surface area contributed by atoms with Crippen LogP contribution < -0.4 is 0 Å². The Balaban J connectivity index is 2.43. The largest absolute Gasteiger partial charge is 0.465 e. The lowest BCUT2D eigenvalue weighted by atomic mass is 9.84. The van der Waals surface area contributed by atoms with Crippen molar-refractivity contribution < 1.29 is 19.1 Å². The summed E-state index contributed by atoms with van der Waals surface area (Å²) in [7, 11) is 0. The predicted molar refractivity (Wildman–Crippen MR) is 90.7 cm³/mol. The van der Waals surface area contributed by atoms with E-state index in [0.717, 1.165) is 41.8 Å². The van der Waals surface area contributed by atoms with Crippen molar-refractivity contribution in [3.8, 4) is 0 Å². The van der Waals surface area contributed by atoms with E-state index in [-0.39, 0.29) is 13.2 Å². The van der Waals surface area contributed by atoms with E-state index in [9.17, 15) is 9.59 Å². The van der Waals surface area contributed by atoms with Gasteiger partial charge in [0.15, 0.2) is 5.41 Å². The molecule has 1 aromatic heterocycles. The normalized spacial score (nSPS) is 15.0. The zero-order valence-electron chi connectivity index (χ0n) is 15.1. The number of aromatic nitrogens is 1. The highest BCUT2D eigenvalue weighted by Gasteiger charge is 2.53. The monoisotopic (exact) mass is 333 g/mol. The van der Waals surface area contributed by atoms with Crippen LogP contribution in [0.2, 0.25) is 0 Å². The molecule has 0 saturated carbocycles. The van der Waals surface area contributed by atoms with Crippen molar-refractivity contribution in [1.82, 2.24) is 4.98 Å². The van der Waals surface area contributed by atoms with Gasteiger partial charge in [0.2, 0.25) is 0 Å². The number of ether oxygens (including phenoxy) is 2. The highest BCUT2D eigenvalue weighted by Crippen LogP contribution is 2.41. The van der Waals surface area contributed by atoms with Crippen LogP contribution in [0, 0.1) is 12.3 Å². The summed E-state index contributed by atoms with van der Waals surface area (Å²) in [6.45, 7) is 8.07. The smallest absolute Gasteiger partial charge is 0.324 e. The molecule has 1 heterocycles. The molecular weight excluding hydrogens is 306 g/mol. The Labute approximate surface area is 143 Å². The van der Waals surface area contributed by atoms with E-state index in [4.69, 9.17) is 9.47 Å². The summed E-state index contributed by atoms with van der Waals surface area (Å²) in [5.74, 6) is -0.975. The van der Waals surface area contributed by atoms with E-state index in [1.165, 1.54) is 0 Å². The second-order valence-corrected chi connectivity index (χ2v) is 6.33. The molecule has 0 bridgehead atoms. The third-order valence-corrected chi connectivity index (χ3v) is 4.50. The number of unbranched alkanes of at least 4 members (excludes halogenated alkanes) is 1. The number of fused-ring (bicyclic) bond motifs is 1. The van der Waals surface area contributed by atoms with Crippen molar-refractivity contribution in [3.05, 3.63) is 28.6 Å². The first-order valence-electron chi connectivity index (χ1n) is 8.81. The van der Waals surface area contributed by atoms with Gasteiger partial charge in [-0.2, -0.15) is 0 Å². The number of aryl methyl sites for hydroxylation is 2. The van der Waals surface area contributed by atoms with Crippen molar-refractivity contribution in [3.63, 3.8) is 0 Å². The third-order valence-electron chi connectivity index (χ3n) is 4.50. The second-order valence-electron chi connectivity index (χ2n) is 6.33. The van der Waals surface area contributed by atoms with Gasteiger partial charge >= 0.3 is 11.9 Å². The average Bonchev–Trinajstić information content (AvgIpc) is 2.93. The number of hydrogen-bond acceptors (Lipinski definition) is 5. The third kappa shape index (κ3) is 3.45. The number of carbonyl (C=O) groups is 2. The molecule has 0 aromatic carbocycles. The summed E-state index contributed by atoms with van der Waals surface area (Å²) in [5, 5.41) is 0. The first kappa shape index (κ1) is 18.4. The van der Waals surface area contributed by atoms with E-state index >= 15 is 0 Å². The minimum Gasteiger partial charge on any atom is -0.465 e. The van der Waals surface area contributed by atoms with Crippen LogP contribution in [-0.2, 0) is 38.3 Å². The van der Waals surface area contributed by atoms with Gasteiger partial charge in [-0.3, -0.25) is 14.6 Å². The molecule has 5 nitrogen and oxygen atoms in total. The van der Waals surface area contributed by atoms with Crippen LogP contribution in [0.15, 0.2) is 6.07 Å². The summed E-state index contributed by atoms with van der Waals surface area (Å²) in [4.78, 5) is 29.9. The maximum Gasteiger partial charge on any atom is 0.324 e. The van der Waals surface area contributed by atoms with Crippen LogP contribution >= 0.6 is 0 Å². The number of rotatable bonds is 7. The molecule has 1 aliphatic rings. The van der Waals surface area contributed by atoms with Crippen molar-refractivity contribution >= 4 is 11.9 Å². The fourth-order valence-corrected chi connectivity index (χ4v) is 3.36. The summed E-state index contributed by atoms with van der Waals surface area (Å²) in [6, 6.07) is 1.98. The molecule has 5 heteroatoms. The Hall–Kier alpha value is -1.91. The van der Waals surface area contributed by atoms with Gasteiger partial charge in [0.1, 0.15) is 0 Å². The fraction of sp³-hybridized carbons (Fsp3) is 0.632. The SMILES string of the molecule is CCCCc1nc(C)cc2c1CC(C(=O)OCC)(C(=O)OCC)C2. The standard InChI is InChI=1S/C19H27NO4/c1-5-8-9-16-15-12-19(17(21)23-6-2,18(22)24-7-3)11-14(15)10-13(4)20-16/h10H,5-9,11-12H2,1-4H3. The van der Waals surface area contributed by atoms with Gasteiger partial charge in [-0.05, 0) is 57.2 Å². The van der Waals surface area contributed by atoms with Gasteiger partial charge in [-0.25, -0.2) is 0 Å². The van der Waals surface area contributed by atoms with Gasteiger partial charge in [0.25, 0.3) is 0 Å². The second kappa shape index (κ2) is 7.77. The molecule has 0 atom stereocenters. The number of esters is 2. The maximum absolute atomic E-state index is 12.6. The number of hydrogen-bond donors (Lipinski definition) is 0. The number of carbonyl (C=O) groups excluding carboxylic acids is 2. The highest BCUT2D eigenvalue weighted by atomic mass is 16.6. The summed E-state index contributed by atoms with van der Waals surface area (Å²) >= 11 is 0. The minimum absolute atomic E-state index is 0.246. The first-order valence-corrected chi connectivity index (χ1v) is 8.81. The zero-order valence-corrected chi connectivity index (χ0v) is 15.1. The van der Waals surface area contributed by atoms with Crippen LogP contribution in [0.1, 0.15) is 56.1 Å². The lowest BCUT2D eigenvalue weighted by Gasteiger charge is -2.24. The van der Waals surface area contributed by atoms with Crippen LogP contribution in [0.3, 0.4) is 0 Å². The number of nitrogens with zero attached hydrogens (tertiary/aromatic N) is 1. The molecule has 0 spiro atoms. The van der Waals surface area contributed by atoms with Crippen LogP contribution in [0.4, 0.5) is 0 Å². The Morgan fingerprint density at radius 3 is 2.29 bits per heavy atom. The fourth-order valence-electron chi connectivity index (χ4n) is 3.36. The molecule has 0 radical (unpaired) electrons. The van der Waals surface area contributed by atoms with Crippen molar-refractivity contribution in [2.24, 2.45) is 5.41 Å². The quantitative estimate of drug-likeness (QED) is 0.567. The van der Waals surface area contributed by atoms with Crippen molar-refractivity contribution in [2.75, 3.05) is 13.2 Å². The van der Waals surface area contributed by atoms with E-state index in [1.54, 1.807) is 13.8 Å². The zero-order chi connectivity index (χ0) is 17.7. The lowest BCUT2D eigenvalue weighted by Crippen LogP contribution is -2.43. The van der Waals surface area contributed by atoms with Crippen LogP contribution in [0.5, 0.6) is 0 Å². The van der Waals surface area contributed by atoms with Gasteiger partial charge in [0, 0.05) is 17.8 Å². The summed E-state index contributed by atoms with van der Waals surface area (Å²) in [6.07, 6.45) is 3.64. The van der Waals surface area contributed by atoms with E-state index in [0.29, 0.717) is 12.8 Å². The average molecular weight is 333 g/mol. The molecule has 1 aliphatic carbocycles. The number of pyridine rings is 1. The van der Waals surface area contributed by atoms with Crippen LogP contribution in [0.25, 0.3) is 0 Å².